The fourth-order valence-corrected chi connectivity index (χ4v) is 3.18. The number of nitriles is 1. The van der Waals surface area contributed by atoms with E-state index in [1.807, 2.05) is 25.2 Å². The van der Waals surface area contributed by atoms with Gasteiger partial charge in [-0.2, -0.15) is 5.26 Å². The number of piperidine rings is 1. The van der Waals surface area contributed by atoms with E-state index < -0.39 is 0 Å². The average Bonchev–Trinajstić information content (AvgIpc) is 2.44. The van der Waals surface area contributed by atoms with Gasteiger partial charge in [-0.15, -0.1) is 11.8 Å². The van der Waals surface area contributed by atoms with Gasteiger partial charge >= 0.3 is 0 Å². The van der Waals surface area contributed by atoms with Crippen LogP contribution in [0.25, 0.3) is 0 Å². The summed E-state index contributed by atoms with van der Waals surface area (Å²) in [4.78, 5) is 14.3. The van der Waals surface area contributed by atoms with Crippen LogP contribution in [-0.2, 0) is 4.79 Å². The fourth-order valence-electron chi connectivity index (χ4n) is 2.39. The summed E-state index contributed by atoms with van der Waals surface area (Å²) >= 11 is 1.68. The Morgan fingerprint density at radius 2 is 2.35 bits per heavy atom. The third-order valence-electron chi connectivity index (χ3n) is 3.42. The standard InChI is InChI=1S/C15H19N3OS/c1-3-20-14-6-4-5-13(12(14)9-16)17-11-7-8-15(19)18(2)10-11/h4-6,11,17H,3,7-8,10H2,1-2H3. The number of hydrogen-bond donors (Lipinski definition) is 1. The number of thioether (sulfide) groups is 1. The van der Waals surface area contributed by atoms with Crippen molar-refractivity contribution >= 4 is 23.4 Å². The van der Waals surface area contributed by atoms with Gasteiger partial charge < -0.3 is 10.2 Å². The van der Waals surface area contributed by atoms with Gasteiger partial charge in [-0.1, -0.05) is 13.0 Å². The smallest absolute Gasteiger partial charge is 0.222 e. The van der Waals surface area contributed by atoms with Crippen LogP contribution in [0.5, 0.6) is 0 Å². The number of nitrogens with one attached hydrogen (secondary N) is 1. The predicted molar refractivity (Wildman–Crippen MR) is 81.8 cm³/mol. The van der Waals surface area contributed by atoms with Crippen molar-refractivity contribution in [1.82, 2.24) is 4.90 Å². The Morgan fingerprint density at radius 1 is 1.55 bits per heavy atom. The Labute approximate surface area is 124 Å². The second kappa shape index (κ2) is 6.67. The van der Waals surface area contributed by atoms with Gasteiger partial charge in [0.15, 0.2) is 0 Å². The number of hydrogen-bond acceptors (Lipinski definition) is 4. The first-order chi connectivity index (χ1) is 9.65. The highest BCUT2D eigenvalue weighted by molar-refractivity contribution is 7.99. The highest BCUT2D eigenvalue weighted by Crippen LogP contribution is 2.29. The summed E-state index contributed by atoms with van der Waals surface area (Å²) in [6.45, 7) is 2.77. The molecule has 0 bridgehead atoms. The molecule has 0 aliphatic carbocycles. The summed E-state index contributed by atoms with van der Waals surface area (Å²) in [5.74, 6) is 1.14. The molecule has 1 unspecified atom stereocenters. The number of nitrogens with zero attached hydrogens (tertiary/aromatic N) is 2. The molecule has 1 aromatic carbocycles. The molecule has 106 valence electrons. The van der Waals surface area contributed by atoms with Crippen molar-refractivity contribution in [3.05, 3.63) is 23.8 Å². The quantitative estimate of drug-likeness (QED) is 0.866. The number of amides is 1. The van der Waals surface area contributed by atoms with Crippen molar-refractivity contribution in [3.8, 4) is 6.07 Å². The van der Waals surface area contributed by atoms with E-state index in [1.165, 1.54) is 0 Å². The molecule has 1 saturated heterocycles. The topological polar surface area (TPSA) is 56.1 Å². The maximum absolute atomic E-state index is 11.5. The SMILES string of the molecule is CCSc1cccc(NC2CCC(=O)N(C)C2)c1C#N. The van der Waals surface area contributed by atoms with E-state index in [-0.39, 0.29) is 11.9 Å². The third kappa shape index (κ3) is 3.26. The van der Waals surface area contributed by atoms with Gasteiger partial charge in [-0.25, -0.2) is 0 Å². The largest absolute Gasteiger partial charge is 0.379 e. The molecule has 0 aromatic heterocycles. The Bertz CT molecular complexity index is 538. The summed E-state index contributed by atoms with van der Waals surface area (Å²) in [7, 11) is 1.82. The van der Waals surface area contributed by atoms with Crippen LogP contribution in [0.15, 0.2) is 23.1 Å². The van der Waals surface area contributed by atoms with E-state index in [0.717, 1.165) is 22.8 Å². The lowest BCUT2D eigenvalue weighted by Gasteiger charge is -2.31. The molecule has 1 amide bonds. The zero-order chi connectivity index (χ0) is 14.5. The van der Waals surface area contributed by atoms with E-state index in [2.05, 4.69) is 18.3 Å². The van der Waals surface area contributed by atoms with Crippen LogP contribution in [0.3, 0.4) is 0 Å². The van der Waals surface area contributed by atoms with E-state index in [9.17, 15) is 10.1 Å². The molecule has 20 heavy (non-hydrogen) atoms. The molecular formula is C15H19N3OS. The lowest BCUT2D eigenvalue weighted by Crippen LogP contribution is -2.43. The lowest BCUT2D eigenvalue weighted by molar-refractivity contribution is -0.132. The third-order valence-corrected chi connectivity index (χ3v) is 4.36. The van der Waals surface area contributed by atoms with Gasteiger partial charge in [0.05, 0.1) is 11.3 Å². The maximum atomic E-state index is 11.5. The number of likely N-dealkylation sites (N-methyl/N-ethyl adjacent to an activating group) is 1. The van der Waals surface area contributed by atoms with E-state index in [0.29, 0.717) is 18.5 Å². The Balaban J connectivity index is 2.15. The summed E-state index contributed by atoms with van der Waals surface area (Å²) in [5.41, 5.74) is 1.58. The minimum Gasteiger partial charge on any atom is -0.379 e. The highest BCUT2D eigenvalue weighted by atomic mass is 32.2. The Kier molecular flexibility index (Phi) is 4.91. The molecule has 1 heterocycles. The van der Waals surface area contributed by atoms with Crippen LogP contribution in [0.4, 0.5) is 5.69 Å². The molecule has 1 aliphatic heterocycles. The van der Waals surface area contributed by atoms with Crippen molar-refractivity contribution in [3.63, 3.8) is 0 Å². The van der Waals surface area contributed by atoms with Crippen molar-refractivity contribution in [2.75, 3.05) is 24.7 Å². The van der Waals surface area contributed by atoms with Gasteiger partial charge in [0, 0.05) is 31.0 Å². The normalized spacial score (nSPS) is 18.8. The van der Waals surface area contributed by atoms with Crippen LogP contribution >= 0.6 is 11.8 Å². The molecule has 5 heteroatoms. The van der Waals surface area contributed by atoms with E-state index in [1.54, 1.807) is 16.7 Å². The molecule has 0 saturated carbocycles. The number of carbonyl (C=O) groups excluding carboxylic acids is 1. The van der Waals surface area contributed by atoms with Crippen LogP contribution in [0.1, 0.15) is 25.3 Å². The summed E-state index contributed by atoms with van der Waals surface area (Å²) in [6, 6.07) is 8.40. The van der Waals surface area contributed by atoms with Crippen LogP contribution < -0.4 is 5.32 Å². The second-order valence-corrected chi connectivity index (χ2v) is 6.18. The maximum Gasteiger partial charge on any atom is 0.222 e. The van der Waals surface area contributed by atoms with Gasteiger partial charge in [-0.05, 0) is 24.3 Å². The van der Waals surface area contributed by atoms with Gasteiger partial charge in [-0.3, -0.25) is 4.79 Å². The van der Waals surface area contributed by atoms with E-state index >= 15 is 0 Å². The van der Waals surface area contributed by atoms with Gasteiger partial charge in [0.1, 0.15) is 6.07 Å². The molecule has 0 spiro atoms. The van der Waals surface area contributed by atoms with Crippen molar-refractivity contribution < 1.29 is 4.79 Å². The lowest BCUT2D eigenvalue weighted by atomic mass is 10.0. The number of likely N-dealkylation sites (tertiary alicyclic amines) is 1. The van der Waals surface area contributed by atoms with Crippen LogP contribution in [0, 0.1) is 11.3 Å². The highest BCUT2D eigenvalue weighted by Gasteiger charge is 2.23. The Morgan fingerprint density at radius 3 is 3.00 bits per heavy atom. The Hall–Kier alpha value is -1.67. The van der Waals surface area contributed by atoms with E-state index in [4.69, 9.17) is 0 Å². The number of rotatable bonds is 4. The molecule has 0 radical (unpaired) electrons. The first-order valence-electron chi connectivity index (χ1n) is 6.82. The summed E-state index contributed by atoms with van der Waals surface area (Å²) < 4.78 is 0. The second-order valence-electron chi connectivity index (χ2n) is 4.88. The van der Waals surface area contributed by atoms with Crippen molar-refractivity contribution in [2.45, 2.75) is 30.7 Å². The zero-order valence-corrected chi connectivity index (χ0v) is 12.7. The monoisotopic (exact) mass is 289 g/mol. The summed E-state index contributed by atoms with van der Waals surface area (Å²) in [5, 5.41) is 12.8. The van der Waals surface area contributed by atoms with Crippen LogP contribution in [-0.4, -0.2) is 36.2 Å². The minimum absolute atomic E-state index is 0.193. The molecule has 1 atom stereocenters. The fraction of sp³-hybridized carbons (Fsp3) is 0.467. The first kappa shape index (κ1) is 14.7. The minimum atomic E-state index is 0.193. The first-order valence-corrected chi connectivity index (χ1v) is 7.80. The number of carbonyl (C=O) groups is 1. The summed E-state index contributed by atoms with van der Waals surface area (Å²) in [6.07, 6.45) is 1.39. The number of anilines is 1. The predicted octanol–water partition coefficient (Wildman–Crippen LogP) is 2.70. The van der Waals surface area contributed by atoms with Crippen molar-refractivity contribution in [2.24, 2.45) is 0 Å². The van der Waals surface area contributed by atoms with Crippen molar-refractivity contribution in [1.29, 1.82) is 5.26 Å². The average molecular weight is 289 g/mol. The molecule has 1 fully saturated rings. The molecule has 1 aliphatic rings. The van der Waals surface area contributed by atoms with Gasteiger partial charge in [0.2, 0.25) is 5.91 Å². The van der Waals surface area contributed by atoms with Crippen LogP contribution in [0.2, 0.25) is 0 Å². The number of benzene rings is 1. The zero-order valence-electron chi connectivity index (χ0n) is 11.8. The molecule has 1 aromatic rings. The molecular weight excluding hydrogens is 270 g/mol. The van der Waals surface area contributed by atoms with Gasteiger partial charge in [0.25, 0.3) is 0 Å². The molecule has 1 N–H and O–H groups in total. The molecule has 2 rings (SSSR count). The molecule has 4 nitrogen and oxygen atoms in total.